The zero-order chi connectivity index (χ0) is 15.5. The van der Waals surface area contributed by atoms with E-state index >= 15 is 0 Å². The lowest BCUT2D eigenvalue weighted by atomic mass is 9.87. The van der Waals surface area contributed by atoms with Gasteiger partial charge in [-0.05, 0) is 25.7 Å². The fourth-order valence-electron chi connectivity index (χ4n) is 2.69. The van der Waals surface area contributed by atoms with Crippen molar-refractivity contribution in [3.63, 3.8) is 0 Å². The lowest BCUT2D eigenvalue weighted by Gasteiger charge is -2.20. The van der Waals surface area contributed by atoms with E-state index in [1.807, 2.05) is 6.92 Å². The van der Waals surface area contributed by atoms with Gasteiger partial charge in [-0.15, -0.1) is 0 Å². The molecular weight excluding hydrogens is 268 g/mol. The second kappa shape index (κ2) is 10.4. The molecule has 1 unspecified atom stereocenters. The molecule has 1 saturated carbocycles. The summed E-state index contributed by atoms with van der Waals surface area (Å²) in [6.07, 6.45) is 6.90. The number of nitrogens with zero attached hydrogens (tertiary/aromatic N) is 1. The molecule has 6 nitrogen and oxygen atoms in total. The van der Waals surface area contributed by atoms with Crippen molar-refractivity contribution in [1.29, 1.82) is 0 Å². The SMILES string of the molecule is COCC(C)NC(N)=NCCNC(=O)CC1CCCCC1. The van der Waals surface area contributed by atoms with E-state index in [4.69, 9.17) is 10.5 Å². The van der Waals surface area contributed by atoms with Gasteiger partial charge >= 0.3 is 0 Å². The van der Waals surface area contributed by atoms with Crippen LogP contribution in [-0.2, 0) is 9.53 Å². The lowest BCUT2D eigenvalue weighted by Crippen LogP contribution is -2.41. The molecule has 122 valence electrons. The van der Waals surface area contributed by atoms with Gasteiger partial charge in [0, 0.05) is 26.1 Å². The number of guanidine groups is 1. The van der Waals surface area contributed by atoms with Crippen LogP contribution in [0, 0.1) is 5.92 Å². The molecule has 0 bridgehead atoms. The van der Waals surface area contributed by atoms with Crippen LogP contribution >= 0.6 is 0 Å². The highest BCUT2D eigenvalue weighted by molar-refractivity contribution is 5.78. The van der Waals surface area contributed by atoms with Gasteiger partial charge in [0.05, 0.1) is 13.2 Å². The maximum Gasteiger partial charge on any atom is 0.220 e. The summed E-state index contributed by atoms with van der Waals surface area (Å²) in [6, 6.07) is 0.125. The highest BCUT2D eigenvalue weighted by atomic mass is 16.5. The first-order valence-corrected chi connectivity index (χ1v) is 7.94. The summed E-state index contributed by atoms with van der Waals surface area (Å²) in [5.41, 5.74) is 5.74. The number of carbonyl (C=O) groups excluding carboxylic acids is 1. The van der Waals surface area contributed by atoms with E-state index in [0.717, 1.165) is 0 Å². The molecule has 1 aliphatic rings. The van der Waals surface area contributed by atoms with Gasteiger partial charge in [-0.1, -0.05) is 19.3 Å². The fourth-order valence-corrected chi connectivity index (χ4v) is 2.69. The Kier molecular flexibility index (Phi) is 8.82. The van der Waals surface area contributed by atoms with E-state index in [-0.39, 0.29) is 11.9 Å². The Morgan fingerprint density at radius 2 is 2.10 bits per heavy atom. The second-order valence-corrected chi connectivity index (χ2v) is 5.83. The molecule has 1 aliphatic carbocycles. The Hall–Kier alpha value is -1.30. The predicted molar refractivity (Wildman–Crippen MR) is 85.2 cm³/mol. The maximum atomic E-state index is 11.8. The molecule has 0 spiro atoms. The van der Waals surface area contributed by atoms with Crippen LogP contribution < -0.4 is 16.4 Å². The van der Waals surface area contributed by atoms with E-state index < -0.39 is 0 Å². The molecule has 0 aromatic rings. The molecular formula is C15H30N4O2. The Bertz CT molecular complexity index is 328. The van der Waals surface area contributed by atoms with Gasteiger partial charge in [-0.3, -0.25) is 9.79 Å². The van der Waals surface area contributed by atoms with Gasteiger partial charge < -0.3 is 21.1 Å². The van der Waals surface area contributed by atoms with Gasteiger partial charge in [-0.25, -0.2) is 0 Å². The number of aliphatic imine (C=N–C) groups is 1. The Balaban J connectivity index is 2.10. The summed E-state index contributed by atoms with van der Waals surface area (Å²) < 4.78 is 5.00. The Labute approximate surface area is 127 Å². The first kappa shape index (κ1) is 17.8. The van der Waals surface area contributed by atoms with Crippen molar-refractivity contribution in [3.05, 3.63) is 0 Å². The van der Waals surface area contributed by atoms with Gasteiger partial charge in [0.2, 0.25) is 5.91 Å². The van der Waals surface area contributed by atoms with Crippen molar-refractivity contribution >= 4 is 11.9 Å². The van der Waals surface area contributed by atoms with Crippen molar-refractivity contribution in [1.82, 2.24) is 10.6 Å². The molecule has 4 N–H and O–H groups in total. The van der Waals surface area contributed by atoms with Gasteiger partial charge in [0.15, 0.2) is 5.96 Å². The number of nitrogens with two attached hydrogens (primary N) is 1. The molecule has 1 fully saturated rings. The highest BCUT2D eigenvalue weighted by Gasteiger charge is 2.16. The Morgan fingerprint density at radius 3 is 2.76 bits per heavy atom. The largest absolute Gasteiger partial charge is 0.383 e. The third-order valence-electron chi connectivity index (χ3n) is 3.73. The van der Waals surface area contributed by atoms with Crippen LogP contribution in [0.4, 0.5) is 0 Å². The third-order valence-corrected chi connectivity index (χ3v) is 3.73. The highest BCUT2D eigenvalue weighted by Crippen LogP contribution is 2.25. The molecule has 1 atom stereocenters. The average molecular weight is 298 g/mol. The summed E-state index contributed by atoms with van der Waals surface area (Å²) >= 11 is 0. The number of amides is 1. The summed E-state index contributed by atoms with van der Waals surface area (Å²) in [4.78, 5) is 16.0. The van der Waals surface area contributed by atoms with Crippen LogP contribution in [-0.4, -0.2) is 44.7 Å². The summed E-state index contributed by atoms with van der Waals surface area (Å²) in [5.74, 6) is 1.10. The number of hydrogen-bond donors (Lipinski definition) is 3. The Morgan fingerprint density at radius 1 is 1.38 bits per heavy atom. The van der Waals surface area contributed by atoms with Gasteiger partial charge in [0.25, 0.3) is 0 Å². The molecule has 0 aromatic carbocycles. The van der Waals surface area contributed by atoms with E-state index in [0.29, 0.717) is 38.0 Å². The third kappa shape index (κ3) is 8.55. The van der Waals surface area contributed by atoms with Crippen molar-refractivity contribution in [2.24, 2.45) is 16.6 Å². The maximum absolute atomic E-state index is 11.8. The number of rotatable bonds is 8. The van der Waals surface area contributed by atoms with Gasteiger partial charge in [-0.2, -0.15) is 0 Å². The second-order valence-electron chi connectivity index (χ2n) is 5.83. The van der Waals surface area contributed by atoms with Crippen LogP contribution in [0.2, 0.25) is 0 Å². The number of ether oxygens (including phenoxy) is 1. The molecule has 0 saturated heterocycles. The number of carbonyl (C=O) groups is 1. The van der Waals surface area contributed by atoms with E-state index in [1.54, 1.807) is 7.11 Å². The van der Waals surface area contributed by atoms with Crippen LogP contribution in [0.25, 0.3) is 0 Å². The summed E-state index contributed by atoms with van der Waals surface area (Å²) in [6.45, 7) is 3.58. The van der Waals surface area contributed by atoms with Crippen LogP contribution in [0.1, 0.15) is 45.4 Å². The number of nitrogens with one attached hydrogen (secondary N) is 2. The fraction of sp³-hybridized carbons (Fsp3) is 0.867. The zero-order valence-electron chi connectivity index (χ0n) is 13.4. The number of methoxy groups -OCH3 is 1. The molecule has 1 amide bonds. The summed E-state index contributed by atoms with van der Waals surface area (Å²) in [5, 5.41) is 5.93. The van der Waals surface area contributed by atoms with Crippen molar-refractivity contribution in [3.8, 4) is 0 Å². The number of hydrogen-bond acceptors (Lipinski definition) is 3. The standard InChI is InChI=1S/C15H30N4O2/c1-12(11-21-2)19-15(16)18-9-8-17-14(20)10-13-6-4-3-5-7-13/h12-13H,3-11H2,1-2H3,(H,17,20)(H3,16,18,19). The molecule has 0 radical (unpaired) electrons. The minimum absolute atomic E-state index is 0.125. The van der Waals surface area contributed by atoms with E-state index in [9.17, 15) is 4.79 Å². The van der Waals surface area contributed by atoms with E-state index in [2.05, 4.69) is 15.6 Å². The first-order valence-electron chi connectivity index (χ1n) is 7.94. The monoisotopic (exact) mass is 298 g/mol. The lowest BCUT2D eigenvalue weighted by molar-refractivity contribution is -0.122. The summed E-state index contributed by atoms with van der Waals surface area (Å²) in [7, 11) is 1.65. The molecule has 0 aliphatic heterocycles. The molecule has 0 aromatic heterocycles. The van der Waals surface area contributed by atoms with Crippen molar-refractivity contribution < 1.29 is 9.53 Å². The predicted octanol–water partition coefficient (Wildman–Crippen LogP) is 1.01. The molecule has 21 heavy (non-hydrogen) atoms. The smallest absolute Gasteiger partial charge is 0.220 e. The van der Waals surface area contributed by atoms with Crippen LogP contribution in [0.5, 0.6) is 0 Å². The van der Waals surface area contributed by atoms with E-state index in [1.165, 1.54) is 32.1 Å². The normalized spacial score (nSPS) is 18.3. The first-order chi connectivity index (χ1) is 10.1. The minimum atomic E-state index is 0.125. The van der Waals surface area contributed by atoms with Crippen molar-refractivity contribution in [2.45, 2.75) is 51.5 Å². The van der Waals surface area contributed by atoms with Crippen LogP contribution in [0.3, 0.4) is 0 Å². The molecule has 0 heterocycles. The van der Waals surface area contributed by atoms with Gasteiger partial charge in [0.1, 0.15) is 0 Å². The average Bonchev–Trinajstić information content (AvgIpc) is 2.45. The molecule has 1 rings (SSSR count). The quantitative estimate of drug-likeness (QED) is 0.354. The zero-order valence-corrected chi connectivity index (χ0v) is 13.4. The van der Waals surface area contributed by atoms with Crippen LogP contribution in [0.15, 0.2) is 4.99 Å². The van der Waals surface area contributed by atoms with Crippen molar-refractivity contribution in [2.75, 3.05) is 26.8 Å². The molecule has 6 heteroatoms. The minimum Gasteiger partial charge on any atom is -0.383 e. The topological polar surface area (TPSA) is 88.7 Å².